The summed E-state index contributed by atoms with van der Waals surface area (Å²) in [5, 5.41) is 3.01. The molecule has 0 aromatic heterocycles. The molecule has 1 amide bonds. The van der Waals surface area contributed by atoms with Gasteiger partial charge in [0.25, 0.3) is 0 Å². The van der Waals surface area contributed by atoms with E-state index in [9.17, 15) is 4.79 Å². The van der Waals surface area contributed by atoms with Crippen molar-refractivity contribution >= 4 is 5.91 Å². The Morgan fingerprint density at radius 2 is 2.20 bits per heavy atom. The Kier molecular flexibility index (Phi) is 3.01. The number of nitrogens with two attached hydrogens (primary N) is 1. The lowest BCUT2D eigenvalue weighted by molar-refractivity contribution is -0.123. The molecule has 2 rings (SSSR count). The number of hydrogen-bond acceptors (Lipinski definition) is 2. The van der Waals surface area contributed by atoms with Gasteiger partial charge in [0.2, 0.25) is 5.91 Å². The predicted octanol–water partition coefficient (Wildman–Crippen LogP) is 1.42. The molecule has 2 saturated carbocycles. The van der Waals surface area contributed by atoms with Crippen LogP contribution < -0.4 is 11.1 Å². The quantitative estimate of drug-likeness (QED) is 0.740. The molecule has 2 unspecified atom stereocenters. The van der Waals surface area contributed by atoms with Gasteiger partial charge in [0.15, 0.2) is 0 Å². The highest BCUT2D eigenvalue weighted by molar-refractivity contribution is 5.88. The van der Waals surface area contributed by atoms with E-state index in [1.54, 1.807) is 0 Å². The van der Waals surface area contributed by atoms with E-state index in [-0.39, 0.29) is 5.91 Å². The summed E-state index contributed by atoms with van der Waals surface area (Å²) in [5.41, 5.74) is 5.32. The molecule has 3 heteroatoms. The van der Waals surface area contributed by atoms with E-state index in [1.165, 1.54) is 25.7 Å². The van der Waals surface area contributed by atoms with Gasteiger partial charge in [-0.25, -0.2) is 0 Å². The van der Waals surface area contributed by atoms with Crippen LogP contribution in [0.4, 0.5) is 0 Å². The highest BCUT2D eigenvalue weighted by Gasteiger charge is 2.45. The molecule has 0 saturated heterocycles. The summed E-state index contributed by atoms with van der Waals surface area (Å²) in [7, 11) is 0. The summed E-state index contributed by atoms with van der Waals surface area (Å²) in [6.07, 6.45) is 6.92. The maximum atomic E-state index is 11.6. The minimum Gasteiger partial charge on any atom is -0.354 e. The monoisotopic (exact) mass is 210 g/mol. The Bertz CT molecular complexity index is 248. The van der Waals surface area contributed by atoms with E-state index in [1.807, 2.05) is 0 Å². The summed E-state index contributed by atoms with van der Waals surface area (Å²) in [4.78, 5) is 11.6. The van der Waals surface area contributed by atoms with E-state index in [2.05, 4.69) is 12.2 Å². The molecule has 2 atom stereocenters. The smallest absolute Gasteiger partial charge is 0.240 e. The van der Waals surface area contributed by atoms with Crippen molar-refractivity contribution in [2.75, 3.05) is 6.54 Å². The van der Waals surface area contributed by atoms with Crippen molar-refractivity contribution < 1.29 is 4.79 Å². The SMILES string of the molecule is CC1CCCC(CNC(=O)C2(N)CC2)C1. The summed E-state index contributed by atoms with van der Waals surface area (Å²) in [6.45, 7) is 3.14. The number of amides is 1. The molecule has 0 radical (unpaired) electrons. The predicted molar refractivity (Wildman–Crippen MR) is 60.3 cm³/mol. The lowest BCUT2D eigenvalue weighted by Gasteiger charge is -2.27. The number of carbonyl (C=O) groups is 1. The highest BCUT2D eigenvalue weighted by Crippen LogP contribution is 2.32. The van der Waals surface area contributed by atoms with Gasteiger partial charge in [-0.3, -0.25) is 4.79 Å². The molecule has 0 aromatic rings. The van der Waals surface area contributed by atoms with E-state index in [0.29, 0.717) is 5.92 Å². The molecule has 86 valence electrons. The van der Waals surface area contributed by atoms with Crippen molar-refractivity contribution in [1.29, 1.82) is 0 Å². The Labute approximate surface area is 91.8 Å². The zero-order valence-corrected chi connectivity index (χ0v) is 9.59. The summed E-state index contributed by atoms with van der Waals surface area (Å²) >= 11 is 0. The summed E-state index contributed by atoms with van der Waals surface area (Å²) in [6, 6.07) is 0. The van der Waals surface area contributed by atoms with E-state index < -0.39 is 5.54 Å². The molecule has 0 heterocycles. The van der Waals surface area contributed by atoms with Crippen LogP contribution in [0, 0.1) is 11.8 Å². The van der Waals surface area contributed by atoms with Crippen molar-refractivity contribution in [1.82, 2.24) is 5.32 Å². The topological polar surface area (TPSA) is 55.1 Å². The molecule has 2 fully saturated rings. The fraction of sp³-hybridized carbons (Fsp3) is 0.917. The minimum absolute atomic E-state index is 0.0701. The second-order valence-corrected chi connectivity index (χ2v) is 5.50. The van der Waals surface area contributed by atoms with Crippen molar-refractivity contribution in [3.05, 3.63) is 0 Å². The van der Waals surface area contributed by atoms with Crippen LogP contribution in [-0.2, 0) is 4.79 Å². The number of rotatable bonds is 3. The van der Waals surface area contributed by atoms with Crippen molar-refractivity contribution in [2.45, 2.75) is 51.0 Å². The Balaban J connectivity index is 1.71. The molecule has 3 nitrogen and oxygen atoms in total. The molecule has 0 bridgehead atoms. The third kappa shape index (κ3) is 2.71. The maximum absolute atomic E-state index is 11.6. The van der Waals surface area contributed by atoms with Crippen LogP contribution in [0.3, 0.4) is 0 Å². The van der Waals surface area contributed by atoms with Crippen LogP contribution in [0.5, 0.6) is 0 Å². The van der Waals surface area contributed by atoms with Gasteiger partial charge in [-0.15, -0.1) is 0 Å². The van der Waals surface area contributed by atoms with Crippen LogP contribution in [0.1, 0.15) is 45.4 Å². The van der Waals surface area contributed by atoms with Crippen LogP contribution in [0.25, 0.3) is 0 Å². The van der Waals surface area contributed by atoms with Gasteiger partial charge in [0.05, 0.1) is 5.54 Å². The summed E-state index contributed by atoms with van der Waals surface area (Å²) < 4.78 is 0. The number of hydrogen-bond donors (Lipinski definition) is 2. The highest BCUT2D eigenvalue weighted by atomic mass is 16.2. The first kappa shape index (κ1) is 10.9. The first-order chi connectivity index (χ1) is 7.10. The summed E-state index contributed by atoms with van der Waals surface area (Å²) in [5.74, 6) is 1.58. The molecular formula is C12H22N2O. The fourth-order valence-electron chi connectivity index (χ4n) is 2.52. The lowest BCUT2D eigenvalue weighted by atomic mass is 9.82. The van der Waals surface area contributed by atoms with Crippen molar-refractivity contribution in [3.8, 4) is 0 Å². The van der Waals surface area contributed by atoms with Gasteiger partial charge in [0.1, 0.15) is 0 Å². The first-order valence-electron chi connectivity index (χ1n) is 6.17. The molecule has 0 spiro atoms. The zero-order valence-electron chi connectivity index (χ0n) is 9.59. The van der Waals surface area contributed by atoms with Crippen LogP contribution in [0.15, 0.2) is 0 Å². The first-order valence-corrected chi connectivity index (χ1v) is 6.17. The maximum Gasteiger partial charge on any atom is 0.240 e. The standard InChI is InChI=1S/C12H22N2O/c1-9-3-2-4-10(7-9)8-14-11(15)12(13)5-6-12/h9-10H,2-8,13H2,1H3,(H,14,15). The molecule has 15 heavy (non-hydrogen) atoms. The van der Waals surface area contributed by atoms with E-state index in [4.69, 9.17) is 5.73 Å². The van der Waals surface area contributed by atoms with Crippen molar-refractivity contribution in [3.63, 3.8) is 0 Å². The van der Waals surface area contributed by atoms with Crippen molar-refractivity contribution in [2.24, 2.45) is 17.6 Å². The van der Waals surface area contributed by atoms with Crippen LogP contribution in [0.2, 0.25) is 0 Å². The van der Waals surface area contributed by atoms with E-state index in [0.717, 1.165) is 25.3 Å². The van der Waals surface area contributed by atoms with Gasteiger partial charge in [-0.1, -0.05) is 19.8 Å². The van der Waals surface area contributed by atoms with Crippen LogP contribution in [-0.4, -0.2) is 18.0 Å². The lowest BCUT2D eigenvalue weighted by Crippen LogP contribution is -2.44. The molecule has 0 aliphatic heterocycles. The molecule has 2 aliphatic rings. The third-order valence-corrected chi connectivity index (χ3v) is 3.84. The number of carbonyl (C=O) groups excluding carboxylic acids is 1. The normalized spacial score (nSPS) is 33.5. The second-order valence-electron chi connectivity index (χ2n) is 5.50. The Morgan fingerprint density at radius 3 is 2.80 bits per heavy atom. The van der Waals surface area contributed by atoms with E-state index >= 15 is 0 Å². The Hall–Kier alpha value is -0.570. The zero-order chi connectivity index (χ0) is 10.9. The molecule has 3 N–H and O–H groups in total. The minimum atomic E-state index is -0.500. The Morgan fingerprint density at radius 1 is 1.47 bits per heavy atom. The molecule has 0 aromatic carbocycles. The largest absolute Gasteiger partial charge is 0.354 e. The van der Waals surface area contributed by atoms with Gasteiger partial charge < -0.3 is 11.1 Å². The number of nitrogens with one attached hydrogen (secondary N) is 1. The molecule has 2 aliphatic carbocycles. The fourth-order valence-corrected chi connectivity index (χ4v) is 2.52. The van der Waals surface area contributed by atoms with Gasteiger partial charge in [-0.2, -0.15) is 0 Å². The average molecular weight is 210 g/mol. The second kappa shape index (κ2) is 4.12. The van der Waals surface area contributed by atoms with Gasteiger partial charge in [0, 0.05) is 6.54 Å². The molecular weight excluding hydrogens is 188 g/mol. The van der Waals surface area contributed by atoms with Gasteiger partial charge >= 0.3 is 0 Å². The average Bonchev–Trinajstić information content (AvgIpc) is 2.94. The van der Waals surface area contributed by atoms with Crippen LogP contribution >= 0.6 is 0 Å². The van der Waals surface area contributed by atoms with Gasteiger partial charge in [-0.05, 0) is 37.5 Å². The third-order valence-electron chi connectivity index (χ3n) is 3.84.